The van der Waals surface area contributed by atoms with Gasteiger partial charge in [0.05, 0.1) is 6.61 Å². The van der Waals surface area contributed by atoms with Crippen molar-refractivity contribution in [1.29, 1.82) is 0 Å². The molecule has 2 unspecified atom stereocenters. The second kappa shape index (κ2) is 8.18. The lowest BCUT2D eigenvalue weighted by molar-refractivity contribution is -0.188. The van der Waals surface area contributed by atoms with E-state index in [1.807, 2.05) is 39.0 Å². The SMILES string of the molecule is CC(C)(C)C1OC(=O)C1NC(=O)OCCCCCc1ccccc1. The number of carbonyl (C=O) groups is 2. The van der Waals surface area contributed by atoms with E-state index in [9.17, 15) is 9.59 Å². The Morgan fingerprint density at radius 2 is 1.88 bits per heavy atom. The summed E-state index contributed by atoms with van der Waals surface area (Å²) in [6.07, 6.45) is 3.07. The Kier molecular flexibility index (Phi) is 6.23. The normalized spacial score (nSPS) is 20.0. The summed E-state index contributed by atoms with van der Waals surface area (Å²) in [6, 6.07) is 9.73. The van der Waals surface area contributed by atoms with E-state index < -0.39 is 18.1 Å². The highest BCUT2D eigenvalue weighted by atomic mass is 16.6. The highest BCUT2D eigenvalue weighted by molar-refractivity contribution is 5.86. The van der Waals surface area contributed by atoms with E-state index >= 15 is 0 Å². The minimum atomic E-state index is -0.601. The van der Waals surface area contributed by atoms with E-state index in [1.165, 1.54) is 5.56 Å². The van der Waals surface area contributed by atoms with Crippen molar-refractivity contribution < 1.29 is 19.1 Å². The maximum absolute atomic E-state index is 11.8. The lowest BCUT2D eigenvalue weighted by atomic mass is 9.81. The van der Waals surface area contributed by atoms with Crippen LogP contribution in [0.4, 0.5) is 4.79 Å². The largest absolute Gasteiger partial charge is 0.457 e. The van der Waals surface area contributed by atoms with Crippen LogP contribution in [0.5, 0.6) is 0 Å². The van der Waals surface area contributed by atoms with Gasteiger partial charge < -0.3 is 14.8 Å². The van der Waals surface area contributed by atoms with Gasteiger partial charge in [0.15, 0.2) is 6.04 Å². The van der Waals surface area contributed by atoms with Crippen LogP contribution in [-0.4, -0.2) is 30.8 Å². The number of carbonyl (C=O) groups excluding carboxylic acids is 2. The minimum absolute atomic E-state index is 0.205. The summed E-state index contributed by atoms with van der Waals surface area (Å²) >= 11 is 0. The van der Waals surface area contributed by atoms with Gasteiger partial charge in [-0.15, -0.1) is 0 Å². The number of ether oxygens (including phenoxy) is 2. The van der Waals surface area contributed by atoms with Gasteiger partial charge in [0.1, 0.15) is 6.10 Å². The summed E-state index contributed by atoms with van der Waals surface area (Å²) in [4.78, 5) is 23.3. The first-order chi connectivity index (χ1) is 11.4. The summed E-state index contributed by atoms with van der Waals surface area (Å²) in [5.74, 6) is -0.394. The lowest BCUT2D eigenvalue weighted by Crippen LogP contribution is -2.64. The molecule has 1 saturated heterocycles. The molecule has 5 heteroatoms. The maximum atomic E-state index is 11.8. The number of unbranched alkanes of at least 4 members (excludes halogenated alkanes) is 2. The first-order valence-electron chi connectivity index (χ1n) is 8.55. The number of alkyl carbamates (subject to hydrolysis) is 1. The summed E-state index contributed by atoms with van der Waals surface area (Å²) in [5, 5.41) is 2.60. The van der Waals surface area contributed by atoms with Crippen LogP contribution in [0.25, 0.3) is 0 Å². The third kappa shape index (κ3) is 5.25. The number of cyclic esters (lactones) is 1. The molecule has 2 atom stereocenters. The van der Waals surface area contributed by atoms with Gasteiger partial charge >= 0.3 is 12.1 Å². The zero-order valence-electron chi connectivity index (χ0n) is 14.7. The number of amides is 1. The number of esters is 1. The predicted molar refractivity (Wildman–Crippen MR) is 91.6 cm³/mol. The van der Waals surface area contributed by atoms with Gasteiger partial charge in [0.2, 0.25) is 0 Å². The highest BCUT2D eigenvalue weighted by Gasteiger charge is 2.50. The Hall–Kier alpha value is -2.04. The maximum Gasteiger partial charge on any atom is 0.407 e. The first kappa shape index (κ1) is 18.3. The molecule has 1 heterocycles. The van der Waals surface area contributed by atoms with E-state index in [0.717, 1.165) is 25.7 Å². The third-order valence-electron chi connectivity index (χ3n) is 4.11. The zero-order valence-corrected chi connectivity index (χ0v) is 14.7. The molecule has 24 heavy (non-hydrogen) atoms. The van der Waals surface area contributed by atoms with Gasteiger partial charge in [-0.25, -0.2) is 9.59 Å². The van der Waals surface area contributed by atoms with E-state index in [4.69, 9.17) is 9.47 Å². The molecule has 1 aromatic rings. The molecule has 1 aliphatic rings. The molecule has 1 aliphatic heterocycles. The van der Waals surface area contributed by atoms with Crippen molar-refractivity contribution in [3.05, 3.63) is 35.9 Å². The van der Waals surface area contributed by atoms with E-state index in [2.05, 4.69) is 17.4 Å². The van der Waals surface area contributed by atoms with Crippen LogP contribution in [0.2, 0.25) is 0 Å². The Morgan fingerprint density at radius 1 is 1.17 bits per heavy atom. The number of aryl methyl sites for hydroxylation is 1. The number of hydrogen-bond donors (Lipinski definition) is 1. The number of benzene rings is 1. The van der Waals surface area contributed by atoms with Gasteiger partial charge in [-0.2, -0.15) is 0 Å². The van der Waals surface area contributed by atoms with E-state index in [-0.39, 0.29) is 11.5 Å². The van der Waals surface area contributed by atoms with Crippen LogP contribution in [-0.2, 0) is 20.7 Å². The molecule has 5 nitrogen and oxygen atoms in total. The molecular formula is C19H27NO4. The Bertz CT molecular complexity index is 550. The molecule has 0 aromatic heterocycles. The van der Waals surface area contributed by atoms with Crippen molar-refractivity contribution >= 4 is 12.1 Å². The quantitative estimate of drug-likeness (QED) is 0.613. The van der Waals surface area contributed by atoms with Crippen LogP contribution >= 0.6 is 0 Å². The van der Waals surface area contributed by atoms with Crippen molar-refractivity contribution in [3.63, 3.8) is 0 Å². The summed E-state index contributed by atoms with van der Waals surface area (Å²) in [5.41, 5.74) is 1.12. The summed E-state index contributed by atoms with van der Waals surface area (Å²) in [7, 11) is 0. The molecule has 0 aliphatic carbocycles. The molecule has 1 N–H and O–H groups in total. The highest BCUT2D eigenvalue weighted by Crippen LogP contribution is 2.32. The standard InChI is InChI=1S/C19H27NO4/c1-19(2,3)16-15(17(21)24-16)20-18(22)23-13-9-5-8-12-14-10-6-4-7-11-14/h4,6-7,10-11,15-16H,5,8-9,12-13H2,1-3H3,(H,20,22). The summed E-state index contributed by atoms with van der Waals surface area (Å²) in [6.45, 7) is 6.27. The van der Waals surface area contributed by atoms with E-state index in [1.54, 1.807) is 0 Å². The first-order valence-corrected chi connectivity index (χ1v) is 8.55. The predicted octanol–water partition coefficient (Wildman–Crippen LogP) is 3.47. The second-order valence-corrected chi connectivity index (χ2v) is 7.28. The molecule has 0 bridgehead atoms. The fourth-order valence-electron chi connectivity index (χ4n) is 2.72. The summed E-state index contributed by atoms with van der Waals surface area (Å²) < 4.78 is 10.3. The average Bonchev–Trinajstić information content (AvgIpc) is 2.53. The van der Waals surface area contributed by atoms with Gasteiger partial charge in [-0.3, -0.25) is 0 Å². The number of nitrogens with one attached hydrogen (secondary N) is 1. The molecule has 1 amide bonds. The number of hydrogen-bond acceptors (Lipinski definition) is 4. The van der Waals surface area contributed by atoms with Crippen LogP contribution in [0.3, 0.4) is 0 Å². The van der Waals surface area contributed by atoms with Crippen molar-refractivity contribution in [1.82, 2.24) is 5.32 Å². The fraction of sp³-hybridized carbons (Fsp3) is 0.579. The number of rotatable bonds is 7. The van der Waals surface area contributed by atoms with Gasteiger partial charge in [0.25, 0.3) is 0 Å². The molecule has 0 saturated carbocycles. The topological polar surface area (TPSA) is 64.6 Å². The monoisotopic (exact) mass is 333 g/mol. The molecule has 0 radical (unpaired) electrons. The van der Waals surface area contributed by atoms with Crippen molar-refractivity contribution in [2.75, 3.05) is 6.61 Å². The minimum Gasteiger partial charge on any atom is -0.457 e. The van der Waals surface area contributed by atoms with Crippen LogP contribution < -0.4 is 5.32 Å². The smallest absolute Gasteiger partial charge is 0.407 e. The molecule has 2 rings (SSSR count). The van der Waals surface area contributed by atoms with Crippen molar-refractivity contribution in [2.24, 2.45) is 5.41 Å². The molecule has 1 fully saturated rings. The second-order valence-electron chi connectivity index (χ2n) is 7.28. The molecule has 1 aromatic carbocycles. The van der Waals surface area contributed by atoms with Gasteiger partial charge in [0, 0.05) is 5.41 Å². The van der Waals surface area contributed by atoms with Crippen LogP contribution in [0, 0.1) is 5.41 Å². The Labute approximate surface area is 143 Å². The van der Waals surface area contributed by atoms with Gasteiger partial charge in [-0.05, 0) is 31.2 Å². The molecule has 132 valence electrons. The fourth-order valence-corrected chi connectivity index (χ4v) is 2.72. The molecular weight excluding hydrogens is 306 g/mol. The lowest BCUT2D eigenvalue weighted by Gasteiger charge is -2.42. The molecule has 0 spiro atoms. The third-order valence-corrected chi connectivity index (χ3v) is 4.11. The van der Waals surface area contributed by atoms with Crippen molar-refractivity contribution in [2.45, 2.75) is 58.6 Å². The van der Waals surface area contributed by atoms with Gasteiger partial charge in [-0.1, -0.05) is 51.1 Å². The Morgan fingerprint density at radius 3 is 2.50 bits per heavy atom. The average molecular weight is 333 g/mol. The Balaban J connectivity index is 1.57. The zero-order chi connectivity index (χ0) is 17.6. The van der Waals surface area contributed by atoms with E-state index in [0.29, 0.717) is 6.61 Å². The van der Waals surface area contributed by atoms with Crippen LogP contribution in [0.1, 0.15) is 45.6 Å². The van der Waals surface area contributed by atoms with Crippen LogP contribution in [0.15, 0.2) is 30.3 Å². The van der Waals surface area contributed by atoms with Crippen molar-refractivity contribution in [3.8, 4) is 0 Å².